The van der Waals surface area contributed by atoms with Crippen molar-refractivity contribution in [2.45, 2.75) is 6.54 Å². The maximum absolute atomic E-state index is 13.0. The molecule has 1 saturated heterocycles. The van der Waals surface area contributed by atoms with Crippen LogP contribution in [0.5, 0.6) is 0 Å². The molecule has 0 amide bonds. The van der Waals surface area contributed by atoms with E-state index in [2.05, 4.69) is 20.9 Å². The molecule has 0 radical (unpaired) electrons. The van der Waals surface area contributed by atoms with Crippen LogP contribution in [0.25, 0.3) is 11.0 Å². The van der Waals surface area contributed by atoms with E-state index in [0.717, 1.165) is 5.56 Å². The number of aromatic amines is 1. The van der Waals surface area contributed by atoms with E-state index in [9.17, 15) is 10.1 Å². The number of morpholine rings is 1. The predicted octanol–water partition coefficient (Wildman–Crippen LogP) is 1.48. The smallest absolute Gasteiger partial charge is 0.264 e. The van der Waals surface area contributed by atoms with Crippen molar-refractivity contribution in [2.75, 3.05) is 31.2 Å². The number of nitriles is 1. The van der Waals surface area contributed by atoms with E-state index in [1.165, 1.54) is 0 Å². The number of hydrogen-bond acceptors (Lipinski definition) is 5. The number of nitrogens with zero attached hydrogens (tertiary/aromatic N) is 4. The Morgan fingerprint density at radius 2 is 2.04 bits per heavy atom. The van der Waals surface area contributed by atoms with Crippen LogP contribution >= 0.6 is 0 Å². The summed E-state index contributed by atoms with van der Waals surface area (Å²) in [7, 11) is 0. The molecular weight excluding hydrogens is 318 g/mol. The number of aromatic nitrogens is 3. The third-order valence-corrected chi connectivity index (χ3v) is 4.41. The summed E-state index contributed by atoms with van der Waals surface area (Å²) in [6, 6.07) is 11.3. The van der Waals surface area contributed by atoms with Gasteiger partial charge in [-0.25, -0.2) is 0 Å². The van der Waals surface area contributed by atoms with Crippen LogP contribution in [0.1, 0.15) is 11.1 Å². The molecule has 1 aromatic carbocycles. The van der Waals surface area contributed by atoms with Gasteiger partial charge in [-0.05, 0) is 17.7 Å². The van der Waals surface area contributed by atoms with Crippen molar-refractivity contribution < 1.29 is 4.74 Å². The minimum atomic E-state index is -0.111. The summed E-state index contributed by atoms with van der Waals surface area (Å²) in [4.78, 5) is 22.8. The first-order valence-corrected chi connectivity index (χ1v) is 8.16. The van der Waals surface area contributed by atoms with Crippen LogP contribution in [-0.4, -0.2) is 40.8 Å². The van der Waals surface area contributed by atoms with Gasteiger partial charge in [0, 0.05) is 19.3 Å². The molecule has 1 fully saturated rings. The molecule has 3 aromatic rings. The van der Waals surface area contributed by atoms with Crippen molar-refractivity contribution in [3.8, 4) is 6.07 Å². The van der Waals surface area contributed by atoms with Gasteiger partial charge in [-0.3, -0.25) is 9.36 Å². The minimum Gasteiger partial charge on any atom is -0.378 e. The molecule has 1 aliphatic heterocycles. The summed E-state index contributed by atoms with van der Waals surface area (Å²) < 4.78 is 7.06. The highest BCUT2D eigenvalue weighted by Crippen LogP contribution is 2.18. The topological polar surface area (TPSA) is 86.9 Å². The normalized spacial score (nSPS) is 14.6. The molecule has 0 unspecified atom stereocenters. The molecule has 25 heavy (non-hydrogen) atoms. The second-order valence-corrected chi connectivity index (χ2v) is 5.91. The first-order valence-electron chi connectivity index (χ1n) is 8.16. The minimum absolute atomic E-state index is 0.111. The van der Waals surface area contributed by atoms with Gasteiger partial charge >= 0.3 is 0 Å². The monoisotopic (exact) mass is 335 g/mol. The average molecular weight is 335 g/mol. The van der Waals surface area contributed by atoms with Crippen LogP contribution in [0.3, 0.4) is 0 Å². The van der Waals surface area contributed by atoms with E-state index in [1.54, 1.807) is 22.9 Å². The third kappa shape index (κ3) is 2.77. The number of fused-ring (bicyclic) bond motifs is 1. The Morgan fingerprint density at radius 3 is 2.84 bits per heavy atom. The first-order chi connectivity index (χ1) is 12.3. The Bertz CT molecular complexity index is 1010. The molecule has 0 aliphatic carbocycles. The summed E-state index contributed by atoms with van der Waals surface area (Å²) in [5, 5.41) is 9.89. The Labute approximate surface area is 144 Å². The van der Waals surface area contributed by atoms with E-state index in [4.69, 9.17) is 4.74 Å². The molecule has 1 aliphatic rings. The van der Waals surface area contributed by atoms with E-state index in [-0.39, 0.29) is 5.56 Å². The number of hydrogen-bond donors (Lipinski definition) is 1. The maximum Gasteiger partial charge on any atom is 0.264 e. The zero-order valence-corrected chi connectivity index (χ0v) is 13.6. The third-order valence-electron chi connectivity index (χ3n) is 4.41. The van der Waals surface area contributed by atoms with Crippen LogP contribution in [0, 0.1) is 11.3 Å². The Hall–Kier alpha value is -3.11. The predicted molar refractivity (Wildman–Crippen MR) is 93.6 cm³/mol. The second kappa shape index (κ2) is 6.42. The molecule has 1 N–H and O–H groups in total. The van der Waals surface area contributed by atoms with Crippen molar-refractivity contribution in [3.63, 3.8) is 0 Å². The van der Waals surface area contributed by atoms with Crippen LogP contribution in [0.4, 0.5) is 5.95 Å². The summed E-state index contributed by atoms with van der Waals surface area (Å²) in [5.41, 5.74) is 1.84. The Morgan fingerprint density at radius 1 is 1.24 bits per heavy atom. The second-order valence-electron chi connectivity index (χ2n) is 5.91. The molecule has 126 valence electrons. The fourth-order valence-electron chi connectivity index (χ4n) is 3.11. The van der Waals surface area contributed by atoms with Gasteiger partial charge in [-0.2, -0.15) is 10.2 Å². The molecule has 7 heteroatoms. The van der Waals surface area contributed by atoms with Gasteiger partial charge in [0.05, 0.1) is 36.8 Å². The molecule has 0 bridgehead atoms. The van der Waals surface area contributed by atoms with Gasteiger partial charge in [0.2, 0.25) is 5.95 Å². The average Bonchev–Trinajstić information content (AvgIpc) is 3.14. The van der Waals surface area contributed by atoms with Gasteiger partial charge in [0.1, 0.15) is 5.65 Å². The zero-order valence-electron chi connectivity index (χ0n) is 13.6. The van der Waals surface area contributed by atoms with E-state index >= 15 is 0 Å². The molecule has 0 atom stereocenters. The molecule has 2 aromatic heterocycles. The van der Waals surface area contributed by atoms with Crippen LogP contribution in [0.2, 0.25) is 0 Å². The van der Waals surface area contributed by atoms with Gasteiger partial charge in [-0.1, -0.05) is 18.2 Å². The van der Waals surface area contributed by atoms with E-state index < -0.39 is 0 Å². The number of rotatable bonds is 3. The van der Waals surface area contributed by atoms with Gasteiger partial charge in [-0.15, -0.1) is 0 Å². The summed E-state index contributed by atoms with van der Waals surface area (Å²) in [6.07, 6.45) is 1.72. The van der Waals surface area contributed by atoms with Crippen molar-refractivity contribution in [3.05, 3.63) is 58.0 Å². The highest BCUT2D eigenvalue weighted by atomic mass is 16.5. The lowest BCUT2D eigenvalue weighted by molar-refractivity contribution is 0.121. The molecule has 4 rings (SSSR count). The fourth-order valence-corrected chi connectivity index (χ4v) is 3.11. The molecule has 0 saturated carbocycles. The SMILES string of the molecule is N#Cc1ccccc1Cn1c(N2CCOCC2)nc2[nH]ccc2c1=O. The molecule has 3 heterocycles. The van der Waals surface area contributed by atoms with Crippen LogP contribution in [0.15, 0.2) is 41.3 Å². The number of benzene rings is 1. The van der Waals surface area contributed by atoms with Gasteiger partial charge < -0.3 is 14.6 Å². The van der Waals surface area contributed by atoms with Crippen molar-refractivity contribution >= 4 is 17.0 Å². The zero-order chi connectivity index (χ0) is 17.2. The Kier molecular flexibility index (Phi) is 3.96. The summed E-state index contributed by atoms with van der Waals surface area (Å²) in [5.74, 6) is 0.607. The van der Waals surface area contributed by atoms with E-state index in [1.807, 2.05) is 18.2 Å². The van der Waals surface area contributed by atoms with Crippen LogP contribution in [-0.2, 0) is 11.3 Å². The van der Waals surface area contributed by atoms with Crippen molar-refractivity contribution in [1.82, 2.24) is 14.5 Å². The molecule has 7 nitrogen and oxygen atoms in total. The fraction of sp³-hybridized carbons (Fsp3) is 0.278. The largest absolute Gasteiger partial charge is 0.378 e. The van der Waals surface area contributed by atoms with Gasteiger partial charge in [0.25, 0.3) is 5.56 Å². The highest BCUT2D eigenvalue weighted by Gasteiger charge is 2.20. The number of nitrogens with one attached hydrogen (secondary N) is 1. The lowest BCUT2D eigenvalue weighted by Gasteiger charge is -2.29. The standard InChI is InChI=1S/C18H17N5O2/c19-11-13-3-1-2-4-14(13)12-23-17(24)15-5-6-20-16(15)21-18(23)22-7-9-25-10-8-22/h1-6,20H,7-10,12H2. The summed E-state index contributed by atoms with van der Waals surface area (Å²) >= 11 is 0. The van der Waals surface area contributed by atoms with Crippen molar-refractivity contribution in [1.29, 1.82) is 5.26 Å². The first kappa shape index (κ1) is 15.4. The van der Waals surface area contributed by atoms with Crippen LogP contribution < -0.4 is 10.5 Å². The lowest BCUT2D eigenvalue weighted by atomic mass is 10.1. The highest BCUT2D eigenvalue weighted by molar-refractivity contribution is 5.75. The lowest BCUT2D eigenvalue weighted by Crippen LogP contribution is -2.40. The number of anilines is 1. The number of H-pyrrole nitrogens is 1. The molecule has 0 spiro atoms. The number of ether oxygens (including phenoxy) is 1. The maximum atomic E-state index is 13.0. The van der Waals surface area contributed by atoms with Gasteiger partial charge in [0.15, 0.2) is 0 Å². The Balaban J connectivity index is 1.87. The van der Waals surface area contributed by atoms with Crippen molar-refractivity contribution in [2.24, 2.45) is 0 Å². The summed E-state index contributed by atoms with van der Waals surface area (Å²) in [6.45, 7) is 2.88. The quantitative estimate of drug-likeness (QED) is 0.783. The molecular formula is C18H17N5O2. The van der Waals surface area contributed by atoms with E-state index in [0.29, 0.717) is 55.4 Å².